The number of esters is 1. The van der Waals surface area contributed by atoms with Crippen LogP contribution in [0.5, 0.6) is 0 Å². The van der Waals surface area contributed by atoms with Gasteiger partial charge in [-0.1, -0.05) is 12.1 Å². The number of hydrogen-bond acceptors (Lipinski definition) is 5. The van der Waals surface area contributed by atoms with Crippen molar-refractivity contribution < 1.29 is 19.1 Å². The van der Waals surface area contributed by atoms with Crippen molar-refractivity contribution in [1.29, 1.82) is 0 Å². The Labute approximate surface area is 154 Å². The lowest BCUT2D eigenvalue weighted by atomic mass is 10.2. The largest absolute Gasteiger partial charge is 0.460 e. The van der Waals surface area contributed by atoms with Gasteiger partial charge in [0, 0.05) is 12.8 Å². The molecule has 0 aliphatic rings. The third-order valence-corrected chi connectivity index (χ3v) is 3.41. The van der Waals surface area contributed by atoms with Crippen LogP contribution in [0.25, 0.3) is 11.0 Å². The summed E-state index contributed by atoms with van der Waals surface area (Å²) in [6, 6.07) is 7.42. The van der Waals surface area contributed by atoms with Gasteiger partial charge in [-0.2, -0.15) is 0 Å². The summed E-state index contributed by atoms with van der Waals surface area (Å²) >= 11 is 0. The fourth-order valence-corrected chi connectivity index (χ4v) is 2.54. The summed E-state index contributed by atoms with van der Waals surface area (Å²) in [4.78, 5) is 29.1. The van der Waals surface area contributed by atoms with E-state index in [1.54, 1.807) is 0 Å². The van der Waals surface area contributed by atoms with Crippen LogP contribution >= 0.6 is 0 Å². The lowest BCUT2D eigenvalue weighted by molar-refractivity contribution is -0.154. The van der Waals surface area contributed by atoms with Crippen LogP contribution in [0.1, 0.15) is 60.2 Å². The highest BCUT2D eigenvalue weighted by Crippen LogP contribution is 2.20. The maximum atomic E-state index is 12.7. The van der Waals surface area contributed by atoms with Crippen molar-refractivity contribution in [2.45, 2.75) is 72.0 Å². The first-order valence-electron chi connectivity index (χ1n) is 8.88. The van der Waals surface area contributed by atoms with Gasteiger partial charge in [-0.15, -0.1) is 0 Å². The Morgan fingerprint density at radius 2 is 1.62 bits per heavy atom. The van der Waals surface area contributed by atoms with E-state index in [-0.39, 0.29) is 12.4 Å². The van der Waals surface area contributed by atoms with Crippen LogP contribution in [0, 0.1) is 0 Å². The second-order valence-corrected chi connectivity index (χ2v) is 8.27. The first-order chi connectivity index (χ1) is 12.0. The number of rotatable bonds is 4. The molecule has 2 rings (SSSR count). The number of fused-ring (bicyclic) bond motifs is 1. The van der Waals surface area contributed by atoms with Crippen molar-refractivity contribution in [1.82, 2.24) is 9.55 Å². The van der Waals surface area contributed by atoms with Crippen LogP contribution in [0.4, 0.5) is 4.79 Å². The smallest absolute Gasteiger partial charge is 0.420 e. The number of nitrogens with zero attached hydrogens (tertiary/aromatic N) is 2. The van der Waals surface area contributed by atoms with Gasteiger partial charge in [0.25, 0.3) is 0 Å². The summed E-state index contributed by atoms with van der Waals surface area (Å²) in [6.45, 7) is 11.0. The Bertz CT molecular complexity index is 794. The second kappa shape index (κ2) is 7.48. The van der Waals surface area contributed by atoms with E-state index in [9.17, 15) is 9.59 Å². The summed E-state index contributed by atoms with van der Waals surface area (Å²) in [5.41, 5.74) is 0.330. The van der Waals surface area contributed by atoms with Crippen molar-refractivity contribution in [3.63, 3.8) is 0 Å². The first-order valence-corrected chi connectivity index (χ1v) is 8.88. The van der Waals surface area contributed by atoms with E-state index in [0.717, 1.165) is 5.52 Å². The maximum absolute atomic E-state index is 12.7. The highest BCUT2D eigenvalue weighted by Gasteiger charge is 2.23. The molecular weight excluding hydrogens is 332 g/mol. The lowest BCUT2D eigenvalue weighted by Gasteiger charge is -2.20. The van der Waals surface area contributed by atoms with Crippen LogP contribution in [-0.2, 0) is 20.7 Å². The number of aryl methyl sites for hydroxylation is 1. The molecule has 1 aromatic heterocycles. The first kappa shape index (κ1) is 19.9. The van der Waals surface area contributed by atoms with Crippen LogP contribution in [0.2, 0.25) is 0 Å². The fourth-order valence-electron chi connectivity index (χ4n) is 2.54. The molecule has 0 radical (unpaired) electrons. The number of benzene rings is 1. The van der Waals surface area contributed by atoms with Gasteiger partial charge in [0.05, 0.1) is 11.0 Å². The molecule has 1 aromatic carbocycles. The molecule has 2 aromatic rings. The molecule has 0 bridgehead atoms. The van der Waals surface area contributed by atoms with Crippen molar-refractivity contribution in [2.24, 2.45) is 0 Å². The Kier molecular flexibility index (Phi) is 5.74. The van der Waals surface area contributed by atoms with Gasteiger partial charge in [-0.25, -0.2) is 14.3 Å². The Balaban J connectivity index is 2.17. The van der Waals surface area contributed by atoms with E-state index < -0.39 is 17.3 Å². The highest BCUT2D eigenvalue weighted by molar-refractivity contribution is 5.87. The average molecular weight is 360 g/mol. The van der Waals surface area contributed by atoms with Gasteiger partial charge in [-0.05, 0) is 60.1 Å². The number of imidazole rings is 1. The van der Waals surface area contributed by atoms with Crippen LogP contribution in [0.15, 0.2) is 24.3 Å². The van der Waals surface area contributed by atoms with Gasteiger partial charge in [0.2, 0.25) is 0 Å². The van der Waals surface area contributed by atoms with E-state index in [2.05, 4.69) is 4.98 Å². The van der Waals surface area contributed by atoms with E-state index in [0.29, 0.717) is 24.2 Å². The molecule has 0 aliphatic carbocycles. The van der Waals surface area contributed by atoms with Crippen molar-refractivity contribution in [2.75, 3.05) is 0 Å². The third kappa shape index (κ3) is 5.58. The van der Waals surface area contributed by atoms with Gasteiger partial charge in [0.1, 0.15) is 17.0 Å². The molecule has 0 fully saturated rings. The van der Waals surface area contributed by atoms with Crippen LogP contribution < -0.4 is 0 Å². The molecule has 0 spiro atoms. The number of aromatic nitrogens is 2. The molecule has 0 N–H and O–H groups in total. The zero-order valence-electron chi connectivity index (χ0n) is 16.5. The van der Waals surface area contributed by atoms with E-state index in [1.807, 2.05) is 65.8 Å². The number of ether oxygens (including phenoxy) is 2. The average Bonchev–Trinajstić information content (AvgIpc) is 2.81. The van der Waals surface area contributed by atoms with Crippen molar-refractivity contribution in [3.05, 3.63) is 30.1 Å². The Morgan fingerprint density at radius 3 is 2.23 bits per heavy atom. The van der Waals surface area contributed by atoms with Crippen molar-refractivity contribution >= 4 is 23.1 Å². The van der Waals surface area contributed by atoms with E-state index in [4.69, 9.17) is 9.47 Å². The monoisotopic (exact) mass is 360 g/mol. The molecule has 6 nitrogen and oxygen atoms in total. The SMILES string of the molecule is CC(C)(C)OC(=O)CCCc1nc2ccccc2n1C(=O)OC(C)(C)C. The summed E-state index contributed by atoms with van der Waals surface area (Å²) in [6.07, 6.45) is 0.835. The predicted molar refractivity (Wildman–Crippen MR) is 100 cm³/mol. The number of carbonyl (C=O) groups excluding carboxylic acids is 2. The third-order valence-electron chi connectivity index (χ3n) is 3.41. The quantitative estimate of drug-likeness (QED) is 0.752. The topological polar surface area (TPSA) is 70.4 Å². The zero-order valence-corrected chi connectivity index (χ0v) is 16.5. The molecule has 0 atom stereocenters. The Morgan fingerprint density at radius 1 is 1.00 bits per heavy atom. The zero-order chi connectivity index (χ0) is 19.5. The molecule has 26 heavy (non-hydrogen) atoms. The lowest BCUT2D eigenvalue weighted by Crippen LogP contribution is -2.28. The van der Waals surface area contributed by atoms with Crippen molar-refractivity contribution in [3.8, 4) is 0 Å². The predicted octanol–water partition coefficient (Wildman–Crippen LogP) is 4.48. The molecule has 0 unspecified atom stereocenters. The van der Waals surface area contributed by atoms with E-state index >= 15 is 0 Å². The normalized spacial score (nSPS) is 12.2. The molecule has 0 aliphatic heterocycles. The minimum Gasteiger partial charge on any atom is -0.460 e. The van der Waals surface area contributed by atoms with Gasteiger partial charge < -0.3 is 9.47 Å². The number of carbonyl (C=O) groups is 2. The summed E-state index contributed by atoms with van der Waals surface area (Å²) in [5, 5.41) is 0. The molecule has 142 valence electrons. The molecule has 0 amide bonds. The van der Waals surface area contributed by atoms with Crippen LogP contribution in [0.3, 0.4) is 0 Å². The molecule has 1 heterocycles. The molecule has 6 heteroatoms. The summed E-state index contributed by atoms with van der Waals surface area (Å²) in [7, 11) is 0. The van der Waals surface area contributed by atoms with Gasteiger partial charge >= 0.3 is 12.1 Å². The summed E-state index contributed by atoms with van der Waals surface area (Å²) in [5.74, 6) is 0.335. The molecule has 0 saturated heterocycles. The second-order valence-electron chi connectivity index (χ2n) is 8.27. The van der Waals surface area contributed by atoms with Crippen LogP contribution in [-0.4, -0.2) is 32.8 Å². The molecule has 0 saturated carbocycles. The fraction of sp³-hybridized carbons (Fsp3) is 0.550. The highest BCUT2D eigenvalue weighted by atomic mass is 16.6. The van der Waals surface area contributed by atoms with E-state index in [1.165, 1.54) is 4.57 Å². The Hall–Kier alpha value is -2.37. The number of para-hydroxylation sites is 2. The standard InChI is InChI=1S/C20H28N2O4/c1-19(2,3)25-17(23)13-9-12-16-21-14-10-7-8-11-15(14)22(16)18(24)26-20(4,5)6/h7-8,10-11H,9,12-13H2,1-6H3. The summed E-state index contributed by atoms with van der Waals surface area (Å²) < 4.78 is 12.3. The maximum Gasteiger partial charge on any atom is 0.420 e. The minimum atomic E-state index is -0.601. The number of hydrogen-bond donors (Lipinski definition) is 0. The van der Waals surface area contributed by atoms with Gasteiger partial charge in [-0.3, -0.25) is 4.79 Å². The minimum absolute atomic E-state index is 0.252. The molecular formula is C20H28N2O4. The van der Waals surface area contributed by atoms with Gasteiger partial charge in [0.15, 0.2) is 0 Å².